The lowest BCUT2D eigenvalue weighted by atomic mass is 10.2. The van der Waals surface area contributed by atoms with Crippen LogP contribution in [0.15, 0.2) is 41.4 Å². The predicted octanol–water partition coefficient (Wildman–Crippen LogP) is 1.86. The third-order valence-electron chi connectivity index (χ3n) is 2.52. The van der Waals surface area contributed by atoms with Gasteiger partial charge in [0.2, 0.25) is 0 Å². The highest BCUT2D eigenvalue weighted by Crippen LogP contribution is 2.23. The molecule has 1 aromatic carbocycles. The van der Waals surface area contributed by atoms with E-state index in [-0.39, 0.29) is 11.9 Å². The number of hydrogen-bond acceptors (Lipinski definition) is 4. The molecule has 1 unspecified atom stereocenters. The number of rotatable bonds is 5. The molecule has 3 N–H and O–H groups in total. The molecule has 1 heterocycles. The van der Waals surface area contributed by atoms with Crippen molar-refractivity contribution in [3.05, 3.63) is 48.0 Å². The van der Waals surface area contributed by atoms with Gasteiger partial charge in [-0.1, -0.05) is 0 Å². The number of aryl methyl sites for hydroxylation is 1. The molecule has 96 valence electrons. The summed E-state index contributed by atoms with van der Waals surface area (Å²) in [7, 11) is 1.87. The molecule has 0 fully saturated rings. The summed E-state index contributed by atoms with van der Waals surface area (Å²) < 4.78 is 14.5. The van der Waals surface area contributed by atoms with Crippen molar-refractivity contribution >= 4 is 11.8 Å². The van der Waals surface area contributed by atoms with E-state index in [9.17, 15) is 4.39 Å². The minimum atomic E-state index is -0.224. The highest BCUT2D eigenvalue weighted by atomic mass is 32.2. The molecule has 0 amide bonds. The molecule has 0 spiro atoms. The zero-order valence-corrected chi connectivity index (χ0v) is 10.8. The first-order valence-corrected chi connectivity index (χ1v) is 6.51. The zero-order chi connectivity index (χ0) is 13.0. The third kappa shape index (κ3) is 3.32. The van der Waals surface area contributed by atoms with Crippen LogP contribution in [0.2, 0.25) is 0 Å². The Morgan fingerprint density at radius 1 is 1.39 bits per heavy atom. The summed E-state index contributed by atoms with van der Waals surface area (Å²) in [4.78, 5) is 1.01. The van der Waals surface area contributed by atoms with Gasteiger partial charge in [-0.25, -0.2) is 4.39 Å². The highest BCUT2D eigenvalue weighted by Gasteiger charge is 2.12. The third-order valence-corrected chi connectivity index (χ3v) is 3.63. The molecule has 6 heteroatoms. The van der Waals surface area contributed by atoms with Crippen LogP contribution in [-0.4, -0.2) is 15.5 Å². The molecule has 18 heavy (non-hydrogen) atoms. The van der Waals surface area contributed by atoms with Crippen molar-refractivity contribution in [3.8, 4) is 0 Å². The molecule has 2 aromatic rings. The van der Waals surface area contributed by atoms with Crippen LogP contribution >= 0.6 is 11.8 Å². The first kappa shape index (κ1) is 13.1. The molecule has 0 aliphatic heterocycles. The Balaban J connectivity index is 1.97. The number of hydrogen-bond donors (Lipinski definition) is 2. The number of halogens is 1. The Labute approximate surface area is 109 Å². The summed E-state index contributed by atoms with van der Waals surface area (Å²) in [5.74, 6) is 6.04. The van der Waals surface area contributed by atoms with E-state index in [0.29, 0.717) is 0 Å². The topological polar surface area (TPSA) is 55.9 Å². The van der Waals surface area contributed by atoms with E-state index in [0.717, 1.165) is 16.3 Å². The molecule has 1 aromatic heterocycles. The number of nitrogens with zero attached hydrogens (tertiary/aromatic N) is 2. The van der Waals surface area contributed by atoms with Crippen molar-refractivity contribution in [1.29, 1.82) is 0 Å². The second-order valence-electron chi connectivity index (χ2n) is 3.90. The molecule has 0 radical (unpaired) electrons. The van der Waals surface area contributed by atoms with Crippen molar-refractivity contribution in [3.63, 3.8) is 0 Å². The highest BCUT2D eigenvalue weighted by molar-refractivity contribution is 7.99. The Hall–Kier alpha value is -1.37. The second-order valence-corrected chi connectivity index (χ2v) is 4.99. The maximum atomic E-state index is 12.8. The van der Waals surface area contributed by atoms with E-state index in [1.165, 1.54) is 12.1 Å². The van der Waals surface area contributed by atoms with E-state index < -0.39 is 0 Å². The van der Waals surface area contributed by atoms with Crippen LogP contribution in [0.5, 0.6) is 0 Å². The van der Waals surface area contributed by atoms with Crippen LogP contribution in [-0.2, 0) is 7.05 Å². The summed E-state index contributed by atoms with van der Waals surface area (Å²) in [6.07, 6.45) is 1.88. The molecule has 0 saturated carbocycles. The van der Waals surface area contributed by atoms with Gasteiger partial charge in [-0.05, 0) is 30.3 Å². The van der Waals surface area contributed by atoms with Crippen LogP contribution in [0.1, 0.15) is 11.7 Å². The van der Waals surface area contributed by atoms with E-state index in [1.807, 2.05) is 19.3 Å². The molecule has 1 atom stereocenters. The summed E-state index contributed by atoms with van der Waals surface area (Å²) in [5, 5.41) is 4.31. The SMILES string of the molecule is Cn1ccc(C(CSc2ccc(F)cc2)NN)n1. The summed E-state index contributed by atoms with van der Waals surface area (Å²) in [6.45, 7) is 0. The van der Waals surface area contributed by atoms with Gasteiger partial charge in [-0.15, -0.1) is 11.8 Å². The monoisotopic (exact) mass is 266 g/mol. The van der Waals surface area contributed by atoms with Crippen LogP contribution in [0.3, 0.4) is 0 Å². The Bertz CT molecular complexity index is 497. The number of hydrazine groups is 1. The maximum absolute atomic E-state index is 12.8. The van der Waals surface area contributed by atoms with Crippen molar-refractivity contribution in [2.45, 2.75) is 10.9 Å². The molecule has 0 aliphatic rings. The van der Waals surface area contributed by atoms with Gasteiger partial charge >= 0.3 is 0 Å². The van der Waals surface area contributed by atoms with E-state index >= 15 is 0 Å². The van der Waals surface area contributed by atoms with Crippen LogP contribution < -0.4 is 11.3 Å². The van der Waals surface area contributed by atoms with Gasteiger partial charge in [0, 0.05) is 23.9 Å². The maximum Gasteiger partial charge on any atom is 0.123 e. The average Bonchev–Trinajstić information content (AvgIpc) is 2.79. The minimum Gasteiger partial charge on any atom is -0.275 e. The number of nitrogens with one attached hydrogen (secondary N) is 1. The average molecular weight is 266 g/mol. The van der Waals surface area contributed by atoms with Gasteiger partial charge in [0.25, 0.3) is 0 Å². The van der Waals surface area contributed by atoms with E-state index in [2.05, 4.69) is 10.5 Å². The fourth-order valence-electron chi connectivity index (χ4n) is 1.55. The predicted molar refractivity (Wildman–Crippen MR) is 70.4 cm³/mol. The first-order valence-electron chi connectivity index (χ1n) is 5.53. The fourth-order valence-corrected chi connectivity index (χ4v) is 2.50. The number of thioether (sulfide) groups is 1. The van der Waals surface area contributed by atoms with Crippen LogP contribution in [0.25, 0.3) is 0 Å². The second kappa shape index (κ2) is 5.99. The Morgan fingerprint density at radius 3 is 2.67 bits per heavy atom. The van der Waals surface area contributed by atoms with Crippen molar-refractivity contribution in [2.24, 2.45) is 12.9 Å². The van der Waals surface area contributed by atoms with Crippen LogP contribution in [0, 0.1) is 5.82 Å². The van der Waals surface area contributed by atoms with Gasteiger partial charge in [-0.2, -0.15) is 5.10 Å². The molecule has 0 bridgehead atoms. The lowest BCUT2D eigenvalue weighted by molar-refractivity contribution is 0.581. The largest absolute Gasteiger partial charge is 0.275 e. The van der Waals surface area contributed by atoms with Crippen molar-refractivity contribution in [2.75, 3.05) is 5.75 Å². The molecular weight excluding hydrogens is 251 g/mol. The van der Waals surface area contributed by atoms with Gasteiger partial charge < -0.3 is 0 Å². The van der Waals surface area contributed by atoms with Gasteiger partial charge in [0.1, 0.15) is 5.82 Å². The Kier molecular flexibility index (Phi) is 4.35. The minimum absolute atomic E-state index is 0.0266. The lowest BCUT2D eigenvalue weighted by Crippen LogP contribution is -2.30. The fraction of sp³-hybridized carbons (Fsp3) is 0.250. The molecule has 0 saturated heterocycles. The lowest BCUT2D eigenvalue weighted by Gasteiger charge is -2.12. The van der Waals surface area contributed by atoms with Crippen molar-refractivity contribution in [1.82, 2.24) is 15.2 Å². The zero-order valence-electron chi connectivity index (χ0n) is 10.0. The molecule has 2 rings (SSSR count). The van der Waals surface area contributed by atoms with E-state index in [4.69, 9.17) is 5.84 Å². The van der Waals surface area contributed by atoms with Crippen molar-refractivity contribution < 1.29 is 4.39 Å². The summed E-state index contributed by atoms with van der Waals surface area (Å²) in [5.41, 5.74) is 3.64. The number of benzene rings is 1. The molecular formula is C12H15FN4S. The van der Waals surface area contributed by atoms with Gasteiger partial charge in [-0.3, -0.25) is 16.0 Å². The quantitative estimate of drug-likeness (QED) is 0.493. The van der Waals surface area contributed by atoms with Gasteiger partial charge in [0.05, 0.1) is 11.7 Å². The summed E-state index contributed by atoms with van der Waals surface area (Å²) in [6, 6.07) is 8.32. The standard InChI is InChI=1S/C12H15FN4S/c1-17-7-6-11(16-17)12(15-14)8-18-10-4-2-9(13)3-5-10/h2-7,12,15H,8,14H2,1H3. The van der Waals surface area contributed by atoms with Crippen LogP contribution in [0.4, 0.5) is 4.39 Å². The number of aromatic nitrogens is 2. The normalized spacial score (nSPS) is 12.6. The number of nitrogens with two attached hydrogens (primary N) is 1. The first-order chi connectivity index (χ1) is 8.69. The summed E-state index contributed by atoms with van der Waals surface area (Å²) >= 11 is 1.61. The Morgan fingerprint density at radius 2 is 2.11 bits per heavy atom. The molecule has 0 aliphatic carbocycles. The van der Waals surface area contributed by atoms with E-state index in [1.54, 1.807) is 28.6 Å². The van der Waals surface area contributed by atoms with Gasteiger partial charge in [0.15, 0.2) is 0 Å². The smallest absolute Gasteiger partial charge is 0.123 e. The molecule has 4 nitrogen and oxygen atoms in total.